The average Bonchev–Trinajstić information content (AvgIpc) is 2.93. The minimum Gasteiger partial charge on any atom is -0.354 e. The highest BCUT2D eigenvalue weighted by Crippen LogP contribution is 2.17. The zero-order valence-electron chi connectivity index (χ0n) is 14.1. The highest BCUT2D eigenvalue weighted by molar-refractivity contribution is 5.87. The molecule has 1 amide bonds. The Labute approximate surface area is 155 Å². The van der Waals surface area contributed by atoms with Gasteiger partial charge in [0.1, 0.15) is 11.4 Å². The fourth-order valence-electron chi connectivity index (χ4n) is 2.35. The fourth-order valence-corrected chi connectivity index (χ4v) is 2.35. The van der Waals surface area contributed by atoms with Crippen molar-refractivity contribution in [2.75, 3.05) is 6.54 Å². The molecule has 5 nitrogen and oxygen atoms in total. The number of hydrogen-bond acceptors (Lipinski definition) is 3. The SMILES string of the molecule is Cc1nccn1CCCCNC(=O)C(C)(N)c1ccccc1.Cl.Cl. The van der Waals surface area contributed by atoms with Crippen LogP contribution in [0.5, 0.6) is 0 Å². The molecule has 24 heavy (non-hydrogen) atoms. The Bertz CT molecular complexity index is 614. The monoisotopic (exact) mass is 372 g/mol. The molecule has 134 valence electrons. The number of nitrogens with two attached hydrogens (primary N) is 1. The Morgan fingerprint density at radius 1 is 1.25 bits per heavy atom. The lowest BCUT2D eigenvalue weighted by molar-refractivity contribution is -0.126. The second-order valence-electron chi connectivity index (χ2n) is 5.70. The van der Waals surface area contributed by atoms with E-state index in [1.165, 1.54) is 0 Å². The Kier molecular flexibility index (Phi) is 9.66. The van der Waals surface area contributed by atoms with Crippen molar-refractivity contribution in [2.45, 2.75) is 38.8 Å². The van der Waals surface area contributed by atoms with Crippen molar-refractivity contribution in [3.05, 3.63) is 54.1 Å². The number of rotatable bonds is 7. The maximum Gasteiger partial charge on any atom is 0.244 e. The quantitative estimate of drug-likeness (QED) is 0.733. The summed E-state index contributed by atoms with van der Waals surface area (Å²) in [4.78, 5) is 16.4. The third-order valence-electron chi connectivity index (χ3n) is 3.88. The Morgan fingerprint density at radius 2 is 1.92 bits per heavy atom. The summed E-state index contributed by atoms with van der Waals surface area (Å²) in [6.45, 7) is 5.28. The van der Waals surface area contributed by atoms with Crippen molar-refractivity contribution in [3.8, 4) is 0 Å². The molecule has 1 unspecified atom stereocenters. The lowest BCUT2D eigenvalue weighted by Gasteiger charge is -2.24. The van der Waals surface area contributed by atoms with Crippen molar-refractivity contribution >= 4 is 30.7 Å². The molecule has 1 heterocycles. The Hall–Kier alpha value is -1.56. The molecular weight excluding hydrogens is 347 g/mol. The van der Waals surface area contributed by atoms with E-state index in [2.05, 4.69) is 14.9 Å². The number of carbonyl (C=O) groups is 1. The average molecular weight is 373 g/mol. The third-order valence-corrected chi connectivity index (χ3v) is 3.88. The van der Waals surface area contributed by atoms with Crippen LogP contribution in [0.15, 0.2) is 42.7 Å². The van der Waals surface area contributed by atoms with Gasteiger partial charge in [0, 0.05) is 25.5 Å². The van der Waals surface area contributed by atoms with E-state index >= 15 is 0 Å². The van der Waals surface area contributed by atoms with Gasteiger partial charge in [0.05, 0.1) is 0 Å². The zero-order chi connectivity index (χ0) is 16.0. The maximum absolute atomic E-state index is 12.3. The minimum atomic E-state index is -0.998. The van der Waals surface area contributed by atoms with Crippen molar-refractivity contribution in [1.82, 2.24) is 14.9 Å². The van der Waals surface area contributed by atoms with Crippen LogP contribution in [0.1, 0.15) is 31.2 Å². The predicted molar refractivity (Wildman–Crippen MR) is 102 cm³/mol. The van der Waals surface area contributed by atoms with Gasteiger partial charge < -0.3 is 15.6 Å². The lowest BCUT2D eigenvalue weighted by Crippen LogP contribution is -2.49. The Balaban J connectivity index is 0.00000264. The van der Waals surface area contributed by atoms with E-state index in [4.69, 9.17) is 5.73 Å². The molecule has 7 heteroatoms. The highest BCUT2D eigenvalue weighted by atomic mass is 35.5. The van der Waals surface area contributed by atoms with Crippen LogP contribution in [0.4, 0.5) is 0 Å². The summed E-state index contributed by atoms with van der Waals surface area (Å²) in [7, 11) is 0. The number of benzene rings is 1. The van der Waals surface area contributed by atoms with Gasteiger partial charge in [-0.2, -0.15) is 0 Å². The minimum absolute atomic E-state index is 0. The molecule has 0 spiro atoms. The zero-order valence-corrected chi connectivity index (χ0v) is 15.7. The topological polar surface area (TPSA) is 72.9 Å². The van der Waals surface area contributed by atoms with Gasteiger partial charge in [-0.25, -0.2) is 4.98 Å². The van der Waals surface area contributed by atoms with Gasteiger partial charge in [0.25, 0.3) is 0 Å². The third kappa shape index (κ3) is 5.82. The molecule has 0 aliphatic heterocycles. The second-order valence-corrected chi connectivity index (χ2v) is 5.70. The summed E-state index contributed by atoms with van der Waals surface area (Å²) in [5.74, 6) is 0.875. The molecule has 2 rings (SSSR count). The van der Waals surface area contributed by atoms with Crippen LogP contribution < -0.4 is 11.1 Å². The van der Waals surface area contributed by atoms with Crippen LogP contribution in [0.25, 0.3) is 0 Å². The van der Waals surface area contributed by atoms with Crippen molar-refractivity contribution < 1.29 is 4.79 Å². The molecule has 0 fully saturated rings. The van der Waals surface area contributed by atoms with Crippen molar-refractivity contribution in [3.63, 3.8) is 0 Å². The van der Waals surface area contributed by atoms with Crippen LogP contribution in [-0.2, 0) is 16.9 Å². The first-order valence-electron chi connectivity index (χ1n) is 7.62. The van der Waals surface area contributed by atoms with Gasteiger partial charge in [0.2, 0.25) is 5.91 Å². The highest BCUT2D eigenvalue weighted by Gasteiger charge is 2.29. The van der Waals surface area contributed by atoms with E-state index in [1.54, 1.807) is 13.1 Å². The first-order chi connectivity index (χ1) is 10.5. The summed E-state index contributed by atoms with van der Waals surface area (Å²) in [6.07, 6.45) is 5.68. The van der Waals surface area contributed by atoms with Crippen molar-refractivity contribution in [2.24, 2.45) is 5.73 Å². The lowest BCUT2D eigenvalue weighted by atomic mass is 9.92. The van der Waals surface area contributed by atoms with Gasteiger partial charge in [-0.05, 0) is 32.3 Å². The normalized spacial score (nSPS) is 12.5. The number of halogens is 2. The number of aryl methyl sites for hydroxylation is 2. The molecule has 1 aromatic carbocycles. The van der Waals surface area contributed by atoms with Gasteiger partial charge >= 0.3 is 0 Å². The molecule has 1 aromatic heterocycles. The van der Waals surface area contributed by atoms with Crippen molar-refractivity contribution in [1.29, 1.82) is 0 Å². The van der Waals surface area contributed by atoms with E-state index < -0.39 is 5.54 Å². The summed E-state index contributed by atoms with van der Waals surface area (Å²) in [6, 6.07) is 9.45. The molecule has 0 aliphatic carbocycles. The van der Waals surface area contributed by atoms with Crippen LogP contribution in [0.3, 0.4) is 0 Å². The molecule has 1 atom stereocenters. The molecule has 2 aromatic rings. The molecule has 0 aliphatic rings. The molecule has 0 saturated carbocycles. The summed E-state index contributed by atoms with van der Waals surface area (Å²) in [5.41, 5.74) is 5.99. The van der Waals surface area contributed by atoms with E-state index in [-0.39, 0.29) is 30.7 Å². The van der Waals surface area contributed by atoms with Crippen LogP contribution in [0.2, 0.25) is 0 Å². The standard InChI is InChI=1S/C17H24N4O.2ClH/c1-14-19-11-13-21(14)12-7-6-10-20-16(22)17(2,18)15-8-4-3-5-9-15;;/h3-5,8-9,11,13H,6-7,10,12,18H2,1-2H3,(H,20,22);2*1H. The number of unbranched alkanes of at least 4 members (excludes halogenated alkanes) is 1. The van der Waals surface area contributed by atoms with E-state index in [0.717, 1.165) is 30.8 Å². The number of amides is 1. The van der Waals surface area contributed by atoms with E-state index in [0.29, 0.717) is 6.54 Å². The molecule has 0 saturated heterocycles. The van der Waals surface area contributed by atoms with E-state index in [9.17, 15) is 4.79 Å². The smallest absolute Gasteiger partial charge is 0.244 e. The molecule has 0 radical (unpaired) electrons. The van der Waals surface area contributed by atoms with Gasteiger partial charge in [-0.15, -0.1) is 24.8 Å². The van der Waals surface area contributed by atoms with Crippen LogP contribution >= 0.6 is 24.8 Å². The summed E-state index contributed by atoms with van der Waals surface area (Å²) >= 11 is 0. The first-order valence-corrected chi connectivity index (χ1v) is 7.62. The second kappa shape index (κ2) is 10.3. The van der Waals surface area contributed by atoms with Gasteiger partial charge in [-0.3, -0.25) is 4.79 Å². The molecule has 3 N–H and O–H groups in total. The first kappa shape index (κ1) is 22.4. The van der Waals surface area contributed by atoms with Gasteiger partial charge in [0.15, 0.2) is 0 Å². The summed E-state index contributed by atoms with van der Waals surface area (Å²) < 4.78 is 2.11. The number of hydrogen-bond donors (Lipinski definition) is 2. The largest absolute Gasteiger partial charge is 0.354 e. The predicted octanol–water partition coefficient (Wildman–Crippen LogP) is 2.81. The number of aromatic nitrogens is 2. The summed E-state index contributed by atoms with van der Waals surface area (Å²) in [5, 5.41) is 2.93. The number of imidazole rings is 1. The van der Waals surface area contributed by atoms with Crippen LogP contribution in [0, 0.1) is 6.92 Å². The fraction of sp³-hybridized carbons (Fsp3) is 0.412. The van der Waals surface area contributed by atoms with Crippen LogP contribution in [-0.4, -0.2) is 22.0 Å². The molecular formula is C17H26Cl2N4O. The number of carbonyl (C=O) groups excluding carboxylic acids is 1. The number of nitrogens with zero attached hydrogens (tertiary/aromatic N) is 2. The number of nitrogens with one attached hydrogen (secondary N) is 1. The van der Waals surface area contributed by atoms with E-state index in [1.807, 2.05) is 43.5 Å². The molecule has 0 bridgehead atoms. The maximum atomic E-state index is 12.3. The van der Waals surface area contributed by atoms with Gasteiger partial charge in [-0.1, -0.05) is 30.3 Å². The Morgan fingerprint density at radius 3 is 2.50 bits per heavy atom.